The summed E-state index contributed by atoms with van der Waals surface area (Å²) >= 11 is 0. The van der Waals surface area contributed by atoms with Gasteiger partial charge in [-0.2, -0.15) is 8.78 Å². The van der Waals surface area contributed by atoms with Crippen LogP contribution in [0.25, 0.3) is 0 Å². The van der Waals surface area contributed by atoms with Crippen LogP contribution in [0, 0.1) is 0 Å². The van der Waals surface area contributed by atoms with E-state index in [-0.39, 0.29) is 0 Å². The summed E-state index contributed by atoms with van der Waals surface area (Å²) in [6.07, 6.45) is 0. The van der Waals surface area contributed by atoms with E-state index >= 15 is 0 Å². The molecule has 0 atom stereocenters. The second-order valence-corrected chi connectivity index (χ2v) is 2.22. The molecule has 0 amide bonds. The van der Waals surface area contributed by atoms with Gasteiger partial charge in [-0.3, -0.25) is 0 Å². The van der Waals surface area contributed by atoms with Crippen molar-refractivity contribution in [1.29, 1.82) is 0 Å². The molecule has 1 nitrogen and oxygen atoms in total. The summed E-state index contributed by atoms with van der Waals surface area (Å²) in [4.78, 5) is 0.917. The molecule has 0 radical (unpaired) electrons. The van der Waals surface area contributed by atoms with Crippen LogP contribution in [0.3, 0.4) is 0 Å². The van der Waals surface area contributed by atoms with Crippen molar-refractivity contribution >= 4 is 5.69 Å². The third kappa shape index (κ3) is 1.90. The van der Waals surface area contributed by atoms with Crippen LogP contribution in [0.15, 0.2) is 30.3 Å². The van der Waals surface area contributed by atoms with E-state index in [0.29, 0.717) is 5.69 Å². The number of anilines is 1. The molecule has 1 aromatic carbocycles. The topological polar surface area (TPSA) is 3.24 Å². The standard InChI is InChI=1S/C8H9F2N/c1-11(8(9)10)7-5-3-2-4-6-7/h2-6,8H,1H3. The zero-order valence-electron chi connectivity index (χ0n) is 6.17. The van der Waals surface area contributed by atoms with Crippen molar-refractivity contribution in [2.24, 2.45) is 0 Å². The van der Waals surface area contributed by atoms with Gasteiger partial charge in [-0.15, -0.1) is 0 Å². The third-order valence-electron chi connectivity index (χ3n) is 1.46. The molecule has 0 heterocycles. The minimum atomic E-state index is -2.43. The molecule has 0 aliphatic heterocycles. The maximum Gasteiger partial charge on any atom is 0.315 e. The normalized spacial score (nSPS) is 10.2. The molecular weight excluding hydrogens is 148 g/mol. The lowest BCUT2D eigenvalue weighted by Crippen LogP contribution is -2.22. The number of benzene rings is 1. The first-order valence-electron chi connectivity index (χ1n) is 3.28. The van der Waals surface area contributed by atoms with Gasteiger partial charge in [0.25, 0.3) is 0 Å². The van der Waals surface area contributed by atoms with Gasteiger partial charge < -0.3 is 4.90 Å². The van der Waals surface area contributed by atoms with Crippen LogP contribution in [0.2, 0.25) is 0 Å². The highest BCUT2D eigenvalue weighted by Gasteiger charge is 2.09. The molecule has 0 aliphatic carbocycles. The highest BCUT2D eigenvalue weighted by Crippen LogP contribution is 2.14. The van der Waals surface area contributed by atoms with Crippen molar-refractivity contribution in [2.75, 3.05) is 11.9 Å². The Labute approximate surface area is 64.3 Å². The van der Waals surface area contributed by atoms with Crippen molar-refractivity contribution in [3.8, 4) is 0 Å². The van der Waals surface area contributed by atoms with Crippen molar-refractivity contribution < 1.29 is 8.78 Å². The maximum atomic E-state index is 12.0. The summed E-state index contributed by atoms with van der Waals surface area (Å²) in [5, 5.41) is 0. The predicted octanol–water partition coefficient (Wildman–Crippen LogP) is 2.35. The second-order valence-electron chi connectivity index (χ2n) is 2.22. The quantitative estimate of drug-likeness (QED) is 0.595. The Bertz CT molecular complexity index is 211. The summed E-state index contributed by atoms with van der Waals surface area (Å²) in [5.41, 5.74) is 0.530. The Morgan fingerprint density at radius 1 is 1.18 bits per heavy atom. The minimum Gasteiger partial charge on any atom is -0.319 e. The number of hydrogen-bond donors (Lipinski definition) is 0. The smallest absolute Gasteiger partial charge is 0.315 e. The minimum absolute atomic E-state index is 0.530. The van der Waals surface area contributed by atoms with Crippen LogP contribution in [0.5, 0.6) is 0 Å². The molecule has 3 heteroatoms. The van der Waals surface area contributed by atoms with Gasteiger partial charge in [-0.05, 0) is 12.1 Å². The van der Waals surface area contributed by atoms with Crippen LogP contribution in [0.4, 0.5) is 14.5 Å². The monoisotopic (exact) mass is 157 g/mol. The number of hydrogen-bond acceptors (Lipinski definition) is 1. The number of alkyl halides is 2. The van der Waals surface area contributed by atoms with Gasteiger partial charge in [0, 0.05) is 12.7 Å². The first-order valence-corrected chi connectivity index (χ1v) is 3.28. The van der Waals surface area contributed by atoms with E-state index in [1.807, 2.05) is 0 Å². The van der Waals surface area contributed by atoms with E-state index in [1.54, 1.807) is 30.3 Å². The molecule has 0 saturated carbocycles. The van der Waals surface area contributed by atoms with Gasteiger partial charge in [0.1, 0.15) is 0 Å². The average molecular weight is 157 g/mol. The zero-order valence-corrected chi connectivity index (χ0v) is 6.17. The molecule has 0 bridgehead atoms. The Hall–Kier alpha value is -1.12. The van der Waals surface area contributed by atoms with Gasteiger partial charge in [0.2, 0.25) is 0 Å². The molecular formula is C8H9F2N. The highest BCUT2D eigenvalue weighted by molar-refractivity contribution is 5.44. The number of halogens is 2. The summed E-state index contributed by atoms with van der Waals surface area (Å²) < 4.78 is 24.1. The summed E-state index contributed by atoms with van der Waals surface area (Å²) in [5.74, 6) is 0. The Morgan fingerprint density at radius 3 is 2.18 bits per heavy atom. The van der Waals surface area contributed by atoms with Crippen LogP contribution in [-0.4, -0.2) is 13.6 Å². The average Bonchev–Trinajstić information content (AvgIpc) is 2.05. The van der Waals surface area contributed by atoms with Crippen molar-refractivity contribution in [3.63, 3.8) is 0 Å². The van der Waals surface area contributed by atoms with Gasteiger partial charge in [-0.1, -0.05) is 18.2 Å². The fourth-order valence-electron chi connectivity index (χ4n) is 0.776. The first kappa shape index (κ1) is 7.98. The molecule has 60 valence electrons. The SMILES string of the molecule is CN(c1ccccc1)C(F)F. The predicted molar refractivity (Wildman–Crippen MR) is 40.8 cm³/mol. The fraction of sp³-hybridized carbons (Fsp3) is 0.250. The van der Waals surface area contributed by atoms with Gasteiger partial charge in [-0.25, -0.2) is 0 Å². The lowest BCUT2D eigenvalue weighted by Gasteiger charge is -2.17. The maximum absolute atomic E-state index is 12.0. The Balaban J connectivity index is 2.77. The molecule has 0 saturated heterocycles. The summed E-state index contributed by atoms with van der Waals surface area (Å²) in [6.45, 7) is -2.43. The van der Waals surface area contributed by atoms with Crippen molar-refractivity contribution in [3.05, 3.63) is 30.3 Å². The molecule has 0 aliphatic rings. The van der Waals surface area contributed by atoms with Gasteiger partial charge in [0.15, 0.2) is 0 Å². The first-order chi connectivity index (χ1) is 5.22. The van der Waals surface area contributed by atoms with E-state index in [1.165, 1.54) is 7.05 Å². The third-order valence-corrected chi connectivity index (χ3v) is 1.46. The lowest BCUT2D eigenvalue weighted by atomic mass is 10.3. The summed E-state index contributed by atoms with van der Waals surface area (Å²) in [7, 11) is 1.36. The fourth-order valence-corrected chi connectivity index (χ4v) is 0.776. The number of rotatable bonds is 2. The van der Waals surface area contributed by atoms with Crippen molar-refractivity contribution in [2.45, 2.75) is 6.55 Å². The van der Waals surface area contributed by atoms with E-state index in [4.69, 9.17) is 0 Å². The molecule has 1 rings (SSSR count). The van der Waals surface area contributed by atoms with E-state index in [0.717, 1.165) is 4.90 Å². The van der Waals surface area contributed by atoms with Gasteiger partial charge >= 0.3 is 6.55 Å². The van der Waals surface area contributed by atoms with Gasteiger partial charge in [0.05, 0.1) is 0 Å². The lowest BCUT2D eigenvalue weighted by molar-refractivity contribution is 0.149. The van der Waals surface area contributed by atoms with Crippen LogP contribution >= 0.6 is 0 Å². The molecule has 0 spiro atoms. The molecule has 0 unspecified atom stereocenters. The Morgan fingerprint density at radius 2 is 1.73 bits per heavy atom. The highest BCUT2D eigenvalue weighted by atomic mass is 19.3. The van der Waals surface area contributed by atoms with Crippen LogP contribution in [0.1, 0.15) is 0 Å². The van der Waals surface area contributed by atoms with Crippen LogP contribution < -0.4 is 4.90 Å². The van der Waals surface area contributed by atoms with Crippen LogP contribution in [-0.2, 0) is 0 Å². The van der Waals surface area contributed by atoms with E-state index in [2.05, 4.69) is 0 Å². The van der Waals surface area contributed by atoms with Crippen molar-refractivity contribution in [1.82, 2.24) is 0 Å². The molecule has 1 aromatic rings. The second kappa shape index (κ2) is 3.32. The Kier molecular flexibility index (Phi) is 2.41. The molecule has 11 heavy (non-hydrogen) atoms. The largest absolute Gasteiger partial charge is 0.319 e. The molecule has 0 fully saturated rings. The number of nitrogens with zero attached hydrogens (tertiary/aromatic N) is 1. The zero-order chi connectivity index (χ0) is 8.27. The summed E-state index contributed by atoms with van der Waals surface area (Å²) in [6, 6.07) is 8.55. The van der Waals surface area contributed by atoms with E-state index in [9.17, 15) is 8.78 Å². The molecule has 0 N–H and O–H groups in total. The van der Waals surface area contributed by atoms with E-state index < -0.39 is 6.55 Å². The number of para-hydroxylation sites is 1. The molecule has 0 aromatic heterocycles.